The topological polar surface area (TPSA) is 142 Å². The molecule has 0 radical (unpaired) electrons. The molecule has 1 aromatic rings. The number of hydrogen-bond acceptors (Lipinski definition) is 9. The fourth-order valence-corrected chi connectivity index (χ4v) is 2.73. The second kappa shape index (κ2) is 8.83. The molecule has 0 saturated heterocycles. The second-order valence-corrected chi connectivity index (χ2v) is 7.44. The lowest BCUT2D eigenvalue weighted by Crippen LogP contribution is -2.28. The number of esters is 1. The summed E-state index contributed by atoms with van der Waals surface area (Å²) in [5.74, 6) is -3.46. The average Bonchev–Trinajstić information content (AvgIpc) is 2.51. The van der Waals surface area contributed by atoms with Crippen LogP contribution in [0.5, 0.6) is 17.2 Å². The molecule has 0 unspecified atom stereocenters. The summed E-state index contributed by atoms with van der Waals surface area (Å²) in [6, 6.07) is 1.67. The summed E-state index contributed by atoms with van der Waals surface area (Å²) in [5, 5.41) is 0. The lowest BCUT2D eigenvalue weighted by atomic mass is 10.1. The Kier molecular flexibility index (Phi) is 7.50. The first-order chi connectivity index (χ1) is 12.7. The van der Waals surface area contributed by atoms with Crippen molar-refractivity contribution in [1.82, 2.24) is 0 Å². The number of carbonyl (C=O) groups excluding carboxylic acids is 1. The summed E-state index contributed by atoms with van der Waals surface area (Å²) in [4.78, 5) is 11.4. The van der Waals surface area contributed by atoms with E-state index in [1.165, 1.54) is 0 Å². The number of ether oxygens (including phenoxy) is 2. The fourth-order valence-electron chi connectivity index (χ4n) is 1.87. The van der Waals surface area contributed by atoms with Crippen LogP contribution in [0.25, 0.3) is 0 Å². The van der Waals surface area contributed by atoms with E-state index in [9.17, 15) is 34.8 Å². The van der Waals surface area contributed by atoms with Crippen molar-refractivity contribution < 1.29 is 57.2 Å². The molecule has 1 N–H and O–H groups in total. The number of aryl methyl sites for hydroxylation is 1. The Morgan fingerprint density at radius 2 is 1.71 bits per heavy atom. The van der Waals surface area contributed by atoms with Gasteiger partial charge in [-0.15, -0.1) is 0 Å². The molecule has 28 heavy (non-hydrogen) atoms. The van der Waals surface area contributed by atoms with Gasteiger partial charge in [0.2, 0.25) is 5.75 Å². The van der Waals surface area contributed by atoms with Gasteiger partial charge in [0.15, 0.2) is 11.5 Å². The van der Waals surface area contributed by atoms with Gasteiger partial charge in [-0.05, 0) is 19.4 Å². The average molecular weight is 452 g/mol. The number of alkyl halides is 3. The maximum atomic E-state index is 12.5. The molecule has 0 aliphatic rings. The van der Waals surface area contributed by atoms with Gasteiger partial charge in [0.1, 0.15) is 0 Å². The van der Waals surface area contributed by atoms with Gasteiger partial charge in [0.05, 0.1) is 13.7 Å². The number of benzene rings is 1. The molecular formula is C13H15F3O10S2. The van der Waals surface area contributed by atoms with E-state index >= 15 is 0 Å². The molecular weight excluding hydrogens is 437 g/mol. The molecule has 0 spiro atoms. The van der Waals surface area contributed by atoms with Gasteiger partial charge in [-0.2, -0.15) is 30.0 Å². The Bertz CT molecular complexity index is 923. The van der Waals surface area contributed by atoms with Gasteiger partial charge in [0, 0.05) is 12.0 Å². The van der Waals surface area contributed by atoms with Crippen LogP contribution >= 0.6 is 0 Å². The number of methoxy groups -OCH3 is 1. The molecule has 0 atom stereocenters. The molecule has 160 valence electrons. The van der Waals surface area contributed by atoms with Gasteiger partial charge in [-0.1, -0.05) is 6.07 Å². The molecule has 1 rings (SSSR count). The first-order valence-corrected chi connectivity index (χ1v) is 10.0. The molecule has 0 amide bonds. The minimum atomic E-state index is -6.11. The Balaban J connectivity index is 3.43. The Hall–Kier alpha value is -2.26. The van der Waals surface area contributed by atoms with E-state index in [2.05, 4.69) is 13.1 Å². The van der Waals surface area contributed by atoms with Crippen molar-refractivity contribution in [1.29, 1.82) is 0 Å². The molecule has 15 heteroatoms. The third-order valence-corrected chi connectivity index (χ3v) is 4.28. The van der Waals surface area contributed by atoms with Crippen LogP contribution in [0.2, 0.25) is 0 Å². The summed E-state index contributed by atoms with van der Waals surface area (Å²) in [7, 11) is -10.4. The normalized spacial score (nSPS) is 12.4. The zero-order valence-electron chi connectivity index (χ0n) is 14.3. The summed E-state index contributed by atoms with van der Waals surface area (Å²) < 4.78 is 109. The smallest absolute Gasteiger partial charge is 0.490 e. The highest BCUT2D eigenvalue weighted by molar-refractivity contribution is 7.88. The third-order valence-electron chi connectivity index (χ3n) is 2.94. The van der Waals surface area contributed by atoms with E-state index in [0.717, 1.165) is 19.2 Å². The summed E-state index contributed by atoms with van der Waals surface area (Å²) in [5.41, 5.74) is -5.90. The second-order valence-electron chi connectivity index (χ2n) is 4.88. The highest BCUT2D eigenvalue weighted by atomic mass is 32.3. The van der Waals surface area contributed by atoms with Crippen molar-refractivity contribution in [2.75, 3.05) is 13.7 Å². The van der Waals surface area contributed by atoms with E-state index < -0.39 is 49.2 Å². The van der Waals surface area contributed by atoms with Crippen LogP contribution in [0.15, 0.2) is 12.1 Å². The standard InChI is InChI=1S/C13H15F3O10S2/c1-3-24-10(17)7-5-8-4-6-9(25-27(18,19)13(14,15)16)12(23-2)11(8)26-28(20,21)22/h4,6H,3,5,7H2,1-2H3,(H,20,21,22). The first-order valence-electron chi connectivity index (χ1n) is 7.25. The minimum absolute atomic E-state index is 0.0681. The zero-order chi connectivity index (χ0) is 21.8. The van der Waals surface area contributed by atoms with E-state index in [-0.39, 0.29) is 25.0 Å². The molecule has 0 saturated carbocycles. The van der Waals surface area contributed by atoms with E-state index in [1.54, 1.807) is 6.92 Å². The monoisotopic (exact) mass is 452 g/mol. The van der Waals surface area contributed by atoms with Crippen LogP contribution in [-0.4, -0.2) is 46.6 Å². The molecule has 0 aliphatic carbocycles. The molecule has 0 aromatic heterocycles. The van der Waals surface area contributed by atoms with Crippen LogP contribution in [0.1, 0.15) is 18.9 Å². The number of hydrogen-bond donors (Lipinski definition) is 1. The van der Waals surface area contributed by atoms with E-state index in [1.807, 2.05) is 0 Å². The predicted octanol–water partition coefficient (Wildman–Crippen LogP) is 1.60. The molecule has 1 aromatic carbocycles. The van der Waals surface area contributed by atoms with Crippen LogP contribution in [0.4, 0.5) is 13.2 Å². The molecule has 0 heterocycles. The van der Waals surface area contributed by atoms with Gasteiger partial charge < -0.3 is 17.8 Å². The fraction of sp³-hybridized carbons (Fsp3) is 0.462. The van der Waals surface area contributed by atoms with Crippen LogP contribution < -0.4 is 13.1 Å². The molecule has 10 nitrogen and oxygen atoms in total. The van der Waals surface area contributed by atoms with Crippen LogP contribution in [0.3, 0.4) is 0 Å². The van der Waals surface area contributed by atoms with Gasteiger partial charge in [-0.25, -0.2) is 0 Å². The Labute approximate surface area is 158 Å². The first kappa shape index (κ1) is 23.8. The summed E-state index contributed by atoms with van der Waals surface area (Å²) in [6.45, 7) is 1.61. The quantitative estimate of drug-likeness (QED) is 0.254. The van der Waals surface area contributed by atoms with Crippen molar-refractivity contribution in [3.8, 4) is 17.2 Å². The van der Waals surface area contributed by atoms with Crippen molar-refractivity contribution in [3.63, 3.8) is 0 Å². The SMILES string of the molecule is CCOC(=O)CCc1ccc(OS(=O)(=O)C(F)(F)F)c(OC)c1OS(=O)(=O)O. The van der Waals surface area contributed by atoms with Crippen LogP contribution in [0, 0.1) is 0 Å². The van der Waals surface area contributed by atoms with Gasteiger partial charge in [0.25, 0.3) is 0 Å². The maximum absolute atomic E-state index is 12.5. The lowest BCUT2D eigenvalue weighted by Gasteiger charge is -2.17. The zero-order valence-corrected chi connectivity index (χ0v) is 16.0. The largest absolute Gasteiger partial charge is 0.534 e. The van der Waals surface area contributed by atoms with Crippen molar-refractivity contribution in [2.45, 2.75) is 25.3 Å². The van der Waals surface area contributed by atoms with Gasteiger partial charge in [-0.3, -0.25) is 9.35 Å². The predicted molar refractivity (Wildman–Crippen MR) is 85.7 cm³/mol. The van der Waals surface area contributed by atoms with Crippen molar-refractivity contribution in [2.24, 2.45) is 0 Å². The lowest BCUT2D eigenvalue weighted by molar-refractivity contribution is -0.143. The van der Waals surface area contributed by atoms with Crippen molar-refractivity contribution in [3.05, 3.63) is 17.7 Å². The summed E-state index contributed by atoms with van der Waals surface area (Å²) >= 11 is 0. The number of carbonyl (C=O) groups is 1. The minimum Gasteiger partial charge on any atom is -0.490 e. The third kappa shape index (κ3) is 6.42. The van der Waals surface area contributed by atoms with E-state index in [0.29, 0.717) is 0 Å². The maximum Gasteiger partial charge on any atom is 0.534 e. The Morgan fingerprint density at radius 3 is 2.18 bits per heavy atom. The summed E-state index contributed by atoms with van der Waals surface area (Å²) in [6.07, 6.45) is -0.535. The molecule has 0 fully saturated rings. The van der Waals surface area contributed by atoms with Crippen molar-refractivity contribution >= 4 is 26.5 Å². The van der Waals surface area contributed by atoms with Gasteiger partial charge >= 0.3 is 32.0 Å². The highest BCUT2D eigenvalue weighted by Crippen LogP contribution is 2.43. The highest BCUT2D eigenvalue weighted by Gasteiger charge is 2.49. The van der Waals surface area contributed by atoms with E-state index in [4.69, 9.17) is 9.29 Å². The van der Waals surface area contributed by atoms with Crippen LogP contribution in [-0.2, 0) is 36.5 Å². The molecule has 0 bridgehead atoms. The molecule has 0 aliphatic heterocycles. The Morgan fingerprint density at radius 1 is 1.11 bits per heavy atom. The number of halogens is 3. The number of rotatable bonds is 9.